The van der Waals surface area contributed by atoms with Gasteiger partial charge in [0.25, 0.3) is 0 Å². The summed E-state index contributed by atoms with van der Waals surface area (Å²) in [6.45, 7) is 6.69. The lowest BCUT2D eigenvalue weighted by Crippen LogP contribution is -2.51. The molecule has 1 N–H and O–H groups in total. The Balaban J connectivity index is 1.77. The van der Waals surface area contributed by atoms with Crippen molar-refractivity contribution in [1.29, 1.82) is 0 Å². The number of rotatable bonds is 4. The quantitative estimate of drug-likeness (QED) is 0.847. The van der Waals surface area contributed by atoms with E-state index < -0.39 is 34.9 Å². The largest absolute Gasteiger partial charge is 0.444 e. The third kappa shape index (κ3) is 6.17. The molecule has 1 fully saturated rings. The molecule has 1 heterocycles. The highest BCUT2D eigenvalue weighted by Gasteiger charge is 2.27. The zero-order chi connectivity index (χ0) is 20.9. The zero-order valence-electron chi connectivity index (χ0n) is 16.3. The fourth-order valence-corrected chi connectivity index (χ4v) is 2.66. The van der Waals surface area contributed by atoms with Gasteiger partial charge in [-0.05, 0) is 32.9 Å². The van der Waals surface area contributed by atoms with Crippen LogP contribution < -0.4 is 5.32 Å². The molecule has 0 saturated carbocycles. The second kappa shape index (κ2) is 8.99. The second-order valence-electron chi connectivity index (χ2n) is 7.49. The van der Waals surface area contributed by atoms with Crippen molar-refractivity contribution in [3.05, 3.63) is 29.8 Å². The molecule has 0 aliphatic carbocycles. The Hall–Kier alpha value is -2.71. The summed E-state index contributed by atoms with van der Waals surface area (Å²) in [5.41, 5.74) is -1.11. The van der Waals surface area contributed by atoms with Crippen LogP contribution >= 0.6 is 0 Å². The summed E-state index contributed by atoms with van der Waals surface area (Å²) in [4.78, 5) is 39.3. The monoisotopic (exact) mass is 397 g/mol. The van der Waals surface area contributed by atoms with Gasteiger partial charge in [-0.15, -0.1) is 0 Å². The van der Waals surface area contributed by atoms with Crippen LogP contribution in [0, 0.1) is 11.6 Å². The zero-order valence-corrected chi connectivity index (χ0v) is 16.3. The van der Waals surface area contributed by atoms with Crippen molar-refractivity contribution in [3.63, 3.8) is 0 Å². The number of hydrogen-bond acceptors (Lipinski definition) is 4. The van der Waals surface area contributed by atoms with Crippen LogP contribution in [0.2, 0.25) is 0 Å². The van der Waals surface area contributed by atoms with E-state index in [1.807, 2.05) is 0 Å². The molecule has 1 aliphatic rings. The highest BCUT2D eigenvalue weighted by Crippen LogP contribution is 2.18. The molecule has 2 rings (SSSR count). The van der Waals surface area contributed by atoms with Crippen LogP contribution in [0.25, 0.3) is 0 Å². The van der Waals surface area contributed by atoms with Crippen LogP contribution in [0.5, 0.6) is 0 Å². The van der Waals surface area contributed by atoms with Crippen molar-refractivity contribution in [1.82, 2.24) is 9.80 Å². The average Bonchev–Trinajstić information content (AvgIpc) is 2.61. The van der Waals surface area contributed by atoms with E-state index in [-0.39, 0.29) is 18.7 Å². The molecular weight excluding hydrogens is 372 g/mol. The SMILES string of the molecule is CC(C)(C)OC(=O)N1CCN(C(=O)CCC(=O)Nc2c(F)cccc2F)CC1. The molecule has 1 aliphatic heterocycles. The van der Waals surface area contributed by atoms with Gasteiger partial charge >= 0.3 is 6.09 Å². The minimum atomic E-state index is -0.877. The minimum Gasteiger partial charge on any atom is -0.444 e. The Labute approximate surface area is 162 Å². The van der Waals surface area contributed by atoms with E-state index in [2.05, 4.69) is 5.32 Å². The van der Waals surface area contributed by atoms with Gasteiger partial charge in [0, 0.05) is 39.0 Å². The number of nitrogens with one attached hydrogen (secondary N) is 1. The van der Waals surface area contributed by atoms with Crippen molar-refractivity contribution in [2.24, 2.45) is 0 Å². The minimum absolute atomic E-state index is 0.0889. The van der Waals surface area contributed by atoms with Crippen molar-refractivity contribution in [2.75, 3.05) is 31.5 Å². The molecule has 0 radical (unpaired) electrons. The van der Waals surface area contributed by atoms with E-state index in [9.17, 15) is 23.2 Å². The van der Waals surface area contributed by atoms with Crippen molar-refractivity contribution >= 4 is 23.6 Å². The summed E-state index contributed by atoms with van der Waals surface area (Å²) in [7, 11) is 0. The summed E-state index contributed by atoms with van der Waals surface area (Å²) in [6, 6.07) is 3.27. The Bertz CT molecular complexity index is 721. The molecule has 9 heteroatoms. The molecule has 1 aromatic carbocycles. The number of halogens is 2. The predicted octanol–water partition coefficient (Wildman–Crippen LogP) is 2.76. The fraction of sp³-hybridized carbons (Fsp3) is 0.526. The van der Waals surface area contributed by atoms with Crippen molar-refractivity contribution in [2.45, 2.75) is 39.2 Å². The predicted molar refractivity (Wildman–Crippen MR) is 98.6 cm³/mol. The van der Waals surface area contributed by atoms with Crippen LogP contribution in [-0.4, -0.2) is 59.5 Å². The van der Waals surface area contributed by atoms with Crippen LogP contribution in [0.3, 0.4) is 0 Å². The number of nitrogens with zero attached hydrogens (tertiary/aromatic N) is 2. The number of ether oxygens (including phenoxy) is 1. The normalized spacial score (nSPS) is 14.6. The Kier molecular flexibility index (Phi) is 6.93. The third-order valence-electron chi connectivity index (χ3n) is 4.08. The lowest BCUT2D eigenvalue weighted by molar-refractivity contribution is -0.134. The molecule has 0 bridgehead atoms. The lowest BCUT2D eigenvalue weighted by Gasteiger charge is -2.35. The Morgan fingerprint density at radius 3 is 2.07 bits per heavy atom. The number of amides is 3. The molecule has 7 nitrogen and oxygen atoms in total. The molecule has 1 saturated heterocycles. The van der Waals surface area contributed by atoms with Crippen LogP contribution in [0.15, 0.2) is 18.2 Å². The third-order valence-corrected chi connectivity index (χ3v) is 4.08. The Morgan fingerprint density at radius 1 is 1.00 bits per heavy atom. The number of benzene rings is 1. The van der Waals surface area contributed by atoms with Gasteiger partial charge in [0.2, 0.25) is 11.8 Å². The first kappa shape index (κ1) is 21.6. The first-order valence-electron chi connectivity index (χ1n) is 9.06. The number of carbonyl (C=O) groups excluding carboxylic acids is 3. The van der Waals surface area contributed by atoms with E-state index in [0.29, 0.717) is 26.2 Å². The number of para-hydroxylation sites is 1. The summed E-state index contributed by atoms with van der Waals surface area (Å²) in [6.07, 6.45) is -0.710. The van der Waals surface area contributed by atoms with Crippen LogP contribution in [-0.2, 0) is 14.3 Å². The van der Waals surface area contributed by atoms with Gasteiger partial charge in [0.05, 0.1) is 0 Å². The van der Waals surface area contributed by atoms with Gasteiger partial charge in [-0.25, -0.2) is 13.6 Å². The van der Waals surface area contributed by atoms with Gasteiger partial charge in [-0.3, -0.25) is 9.59 Å². The van der Waals surface area contributed by atoms with E-state index in [4.69, 9.17) is 4.74 Å². The van der Waals surface area contributed by atoms with Crippen LogP contribution in [0.1, 0.15) is 33.6 Å². The average molecular weight is 397 g/mol. The summed E-state index contributed by atoms with van der Waals surface area (Å²) >= 11 is 0. The summed E-state index contributed by atoms with van der Waals surface area (Å²) in [5, 5.41) is 2.15. The standard InChI is InChI=1S/C19H25F2N3O4/c1-19(2,3)28-18(27)24-11-9-23(10-12-24)16(26)8-7-15(25)22-17-13(20)5-4-6-14(17)21/h4-6H,7-12H2,1-3H3,(H,22,25). The van der Waals surface area contributed by atoms with E-state index >= 15 is 0 Å². The summed E-state index contributed by atoms with van der Waals surface area (Å²) < 4.78 is 32.4. The number of carbonyl (C=O) groups is 3. The maximum atomic E-state index is 13.5. The molecule has 0 spiro atoms. The van der Waals surface area contributed by atoms with Crippen molar-refractivity contribution < 1.29 is 27.9 Å². The fourth-order valence-electron chi connectivity index (χ4n) is 2.66. The lowest BCUT2D eigenvalue weighted by atomic mass is 10.2. The maximum Gasteiger partial charge on any atom is 0.410 e. The number of piperazine rings is 1. The second-order valence-corrected chi connectivity index (χ2v) is 7.49. The molecule has 3 amide bonds. The number of hydrogen-bond donors (Lipinski definition) is 1. The van der Waals surface area contributed by atoms with Gasteiger partial charge in [-0.1, -0.05) is 6.07 Å². The topological polar surface area (TPSA) is 79.0 Å². The Morgan fingerprint density at radius 2 is 1.54 bits per heavy atom. The highest BCUT2D eigenvalue weighted by atomic mass is 19.1. The smallest absolute Gasteiger partial charge is 0.410 e. The van der Waals surface area contributed by atoms with Crippen molar-refractivity contribution in [3.8, 4) is 0 Å². The molecular formula is C19H25F2N3O4. The molecule has 154 valence electrons. The van der Waals surface area contributed by atoms with E-state index in [1.54, 1.807) is 25.7 Å². The molecule has 0 atom stereocenters. The first-order chi connectivity index (χ1) is 13.1. The summed E-state index contributed by atoms with van der Waals surface area (Å²) in [5.74, 6) is -2.66. The highest BCUT2D eigenvalue weighted by molar-refractivity contribution is 5.93. The number of anilines is 1. The molecule has 28 heavy (non-hydrogen) atoms. The van der Waals surface area contributed by atoms with Gasteiger partial charge < -0.3 is 19.9 Å². The van der Waals surface area contributed by atoms with Gasteiger partial charge in [0.15, 0.2) is 0 Å². The maximum absolute atomic E-state index is 13.5. The van der Waals surface area contributed by atoms with Crippen LogP contribution in [0.4, 0.5) is 19.3 Å². The molecule has 1 aromatic rings. The molecule has 0 unspecified atom stereocenters. The van der Waals surface area contributed by atoms with E-state index in [1.165, 1.54) is 11.0 Å². The molecule has 0 aromatic heterocycles. The van der Waals surface area contributed by atoms with Gasteiger partial charge in [0.1, 0.15) is 22.9 Å². The first-order valence-corrected chi connectivity index (χ1v) is 9.06. The van der Waals surface area contributed by atoms with Gasteiger partial charge in [-0.2, -0.15) is 0 Å². The van der Waals surface area contributed by atoms with E-state index in [0.717, 1.165) is 12.1 Å².